The molecule has 1 aliphatic carbocycles. The van der Waals surface area contributed by atoms with Gasteiger partial charge in [0.2, 0.25) is 0 Å². The molecule has 0 spiro atoms. The van der Waals surface area contributed by atoms with Gasteiger partial charge in [-0.2, -0.15) is 0 Å². The van der Waals surface area contributed by atoms with Crippen LogP contribution in [0.4, 0.5) is 11.4 Å². The fourth-order valence-electron chi connectivity index (χ4n) is 3.07. The number of carboxylic acids is 1. The van der Waals surface area contributed by atoms with E-state index in [1.54, 1.807) is 13.0 Å². The smallest absolute Gasteiger partial charge is 0.329 e. The van der Waals surface area contributed by atoms with Crippen LogP contribution in [-0.2, 0) is 4.79 Å². The molecule has 0 aliphatic heterocycles. The number of nitro benzene ring substituents is 1. The summed E-state index contributed by atoms with van der Waals surface area (Å²) in [6.45, 7) is 3.80. The lowest BCUT2D eigenvalue weighted by Crippen LogP contribution is -2.49. The van der Waals surface area contributed by atoms with E-state index in [1.165, 1.54) is 12.1 Å². The van der Waals surface area contributed by atoms with Gasteiger partial charge in [-0.25, -0.2) is 4.79 Å². The quantitative estimate of drug-likeness (QED) is 0.655. The van der Waals surface area contributed by atoms with Gasteiger partial charge >= 0.3 is 5.97 Å². The number of anilines is 1. The molecule has 1 saturated carbocycles. The van der Waals surface area contributed by atoms with Crippen molar-refractivity contribution < 1.29 is 14.8 Å². The molecule has 2 atom stereocenters. The van der Waals surface area contributed by atoms with Crippen LogP contribution in [0.15, 0.2) is 18.2 Å². The molecular formula is C15H20N2O4. The number of carboxylic acid groups (broad SMARTS) is 1. The molecule has 1 aliphatic rings. The third-order valence-electron chi connectivity index (χ3n) is 4.20. The number of carbonyl (C=O) groups is 1. The molecule has 1 aromatic carbocycles. The molecule has 0 bridgehead atoms. The van der Waals surface area contributed by atoms with E-state index >= 15 is 0 Å². The molecule has 0 radical (unpaired) electrons. The average molecular weight is 292 g/mol. The second kappa shape index (κ2) is 5.71. The molecule has 2 unspecified atom stereocenters. The van der Waals surface area contributed by atoms with Gasteiger partial charge in [0.1, 0.15) is 5.54 Å². The number of rotatable bonds is 4. The Hall–Kier alpha value is -2.11. The number of benzene rings is 1. The Balaban J connectivity index is 2.29. The fourth-order valence-corrected chi connectivity index (χ4v) is 3.07. The SMILES string of the molecule is Cc1cc([N+](=O)[O-])ccc1NC1(C(=O)O)CCCC(C)C1. The van der Waals surface area contributed by atoms with Crippen molar-refractivity contribution in [3.63, 3.8) is 0 Å². The number of non-ortho nitro benzene ring substituents is 1. The van der Waals surface area contributed by atoms with E-state index in [2.05, 4.69) is 12.2 Å². The zero-order valence-electron chi connectivity index (χ0n) is 12.3. The highest BCUT2D eigenvalue weighted by Gasteiger charge is 2.42. The summed E-state index contributed by atoms with van der Waals surface area (Å²) in [5.41, 5.74) is 0.373. The Bertz CT molecular complexity index is 573. The predicted octanol–water partition coefficient (Wildman–Crippen LogP) is 3.35. The van der Waals surface area contributed by atoms with Gasteiger partial charge in [0.15, 0.2) is 0 Å². The standard InChI is InChI=1S/C15H20N2O4/c1-10-4-3-7-15(9-10,14(18)19)16-13-6-5-12(17(20)21)8-11(13)2/h5-6,8,10,16H,3-4,7,9H2,1-2H3,(H,18,19). The minimum absolute atomic E-state index is 0.0134. The minimum atomic E-state index is -0.974. The molecule has 2 rings (SSSR count). The zero-order chi connectivity index (χ0) is 15.6. The normalized spacial score (nSPS) is 25.3. The van der Waals surface area contributed by atoms with Crippen LogP contribution in [0.2, 0.25) is 0 Å². The lowest BCUT2D eigenvalue weighted by atomic mass is 9.76. The van der Waals surface area contributed by atoms with Crippen molar-refractivity contribution >= 4 is 17.3 Å². The lowest BCUT2D eigenvalue weighted by Gasteiger charge is -2.38. The Morgan fingerprint density at radius 1 is 1.52 bits per heavy atom. The molecule has 1 fully saturated rings. The highest BCUT2D eigenvalue weighted by atomic mass is 16.6. The van der Waals surface area contributed by atoms with Gasteiger partial charge in [-0.15, -0.1) is 0 Å². The first-order valence-electron chi connectivity index (χ1n) is 7.11. The number of aryl methyl sites for hydroxylation is 1. The van der Waals surface area contributed by atoms with E-state index in [-0.39, 0.29) is 5.69 Å². The molecule has 21 heavy (non-hydrogen) atoms. The topological polar surface area (TPSA) is 92.5 Å². The van der Waals surface area contributed by atoms with Crippen LogP contribution in [0.1, 0.15) is 38.2 Å². The van der Waals surface area contributed by atoms with E-state index in [0.717, 1.165) is 12.8 Å². The van der Waals surface area contributed by atoms with E-state index in [1.807, 2.05) is 0 Å². The Labute approximate surface area is 123 Å². The summed E-state index contributed by atoms with van der Waals surface area (Å²) in [7, 11) is 0. The van der Waals surface area contributed by atoms with Gasteiger partial charge in [0.25, 0.3) is 5.69 Å². The molecule has 0 saturated heterocycles. The molecule has 114 valence electrons. The maximum Gasteiger partial charge on any atom is 0.329 e. The lowest BCUT2D eigenvalue weighted by molar-refractivity contribution is -0.384. The largest absolute Gasteiger partial charge is 0.480 e. The summed E-state index contributed by atoms with van der Waals surface area (Å²) in [4.78, 5) is 22.0. The van der Waals surface area contributed by atoms with E-state index in [4.69, 9.17) is 0 Å². The van der Waals surface area contributed by atoms with Crippen LogP contribution in [0.5, 0.6) is 0 Å². The van der Waals surface area contributed by atoms with E-state index in [9.17, 15) is 20.0 Å². The minimum Gasteiger partial charge on any atom is -0.480 e. The summed E-state index contributed by atoms with van der Waals surface area (Å²) < 4.78 is 0. The number of aliphatic carboxylic acids is 1. The highest BCUT2D eigenvalue weighted by molar-refractivity contribution is 5.83. The number of nitrogens with one attached hydrogen (secondary N) is 1. The van der Waals surface area contributed by atoms with Crippen LogP contribution in [-0.4, -0.2) is 21.5 Å². The van der Waals surface area contributed by atoms with Crippen molar-refractivity contribution in [1.29, 1.82) is 0 Å². The fraction of sp³-hybridized carbons (Fsp3) is 0.533. The van der Waals surface area contributed by atoms with Crippen molar-refractivity contribution in [1.82, 2.24) is 0 Å². The van der Waals surface area contributed by atoms with Crippen LogP contribution in [0, 0.1) is 23.0 Å². The van der Waals surface area contributed by atoms with Gasteiger partial charge in [0.05, 0.1) is 4.92 Å². The van der Waals surface area contributed by atoms with Crippen molar-refractivity contribution in [2.24, 2.45) is 5.92 Å². The highest BCUT2D eigenvalue weighted by Crippen LogP contribution is 2.36. The Morgan fingerprint density at radius 3 is 2.76 bits per heavy atom. The molecule has 0 heterocycles. The van der Waals surface area contributed by atoms with Gasteiger partial charge in [-0.3, -0.25) is 10.1 Å². The van der Waals surface area contributed by atoms with E-state index in [0.29, 0.717) is 30.0 Å². The van der Waals surface area contributed by atoms with E-state index < -0.39 is 16.4 Å². The predicted molar refractivity (Wildman–Crippen MR) is 79.5 cm³/mol. The first-order chi connectivity index (χ1) is 9.84. The third kappa shape index (κ3) is 3.15. The molecule has 6 nitrogen and oxygen atoms in total. The van der Waals surface area contributed by atoms with Gasteiger partial charge in [-0.1, -0.05) is 19.8 Å². The summed E-state index contributed by atoms with van der Waals surface area (Å²) in [6, 6.07) is 4.46. The van der Waals surface area contributed by atoms with Crippen LogP contribution < -0.4 is 5.32 Å². The summed E-state index contributed by atoms with van der Waals surface area (Å²) >= 11 is 0. The molecule has 0 amide bonds. The second-order valence-corrected chi connectivity index (χ2v) is 5.97. The molecule has 6 heteroatoms. The molecule has 2 N–H and O–H groups in total. The molecule has 1 aromatic rings. The number of nitrogens with zero attached hydrogens (tertiary/aromatic N) is 1. The molecule has 0 aromatic heterocycles. The van der Waals surface area contributed by atoms with Crippen LogP contribution in [0.25, 0.3) is 0 Å². The second-order valence-electron chi connectivity index (χ2n) is 5.97. The average Bonchev–Trinajstić information content (AvgIpc) is 2.40. The Kier molecular flexibility index (Phi) is 4.16. The van der Waals surface area contributed by atoms with Crippen LogP contribution >= 0.6 is 0 Å². The van der Waals surface area contributed by atoms with Crippen molar-refractivity contribution in [2.45, 2.75) is 45.1 Å². The van der Waals surface area contributed by atoms with Crippen molar-refractivity contribution in [3.05, 3.63) is 33.9 Å². The van der Waals surface area contributed by atoms with Crippen LogP contribution in [0.3, 0.4) is 0 Å². The summed E-state index contributed by atoms with van der Waals surface area (Å²) in [5, 5.41) is 23.5. The third-order valence-corrected chi connectivity index (χ3v) is 4.20. The zero-order valence-corrected chi connectivity index (χ0v) is 12.3. The number of hydrogen-bond donors (Lipinski definition) is 2. The maximum absolute atomic E-state index is 11.7. The van der Waals surface area contributed by atoms with Gasteiger partial charge in [0, 0.05) is 17.8 Å². The first kappa shape index (κ1) is 15.3. The number of hydrogen-bond acceptors (Lipinski definition) is 4. The first-order valence-corrected chi connectivity index (χ1v) is 7.11. The van der Waals surface area contributed by atoms with Gasteiger partial charge in [-0.05, 0) is 37.3 Å². The van der Waals surface area contributed by atoms with Crippen molar-refractivity contribution in [2.75, 3.05) is 5.32 Å². The number of nitro groups is 1. The summed E-state index contributed by atoms with van der Waals surface area (Å²) in [5.74, 6) is -0.507. The molecular weight excluding hydrogens is 272 g/mol. The monoisotopic (exact) mass is 292 g/mol. The maximum atomic E-state index is 11.7. The van der Waals surface area contributed by atoms with Gasteiger partial charge < -0.3 is 10.4 Å². The summed E-state index contributed by atoms with van der Waals surface area (Å²) in [6.07, 6.45) is 3.05. The Morgan fingerprint density at radius 2 is 2.24 bits per heavy atom. The van der Waals surface area contributed by atoms with Crippen molar-refractivity contribution in [3.8, 4) is 0 Å².